The lowest BCUT2D eigenvalue weighted by atomic mass is 10.1. The second kappa shape index (κ2) is 7.07. The van der Waals surface area contributed by atoms with Gasteiger partial charge in [-0.3, -0.25) is 9.59 Å². The van der Waals surface area contributed by atoms with Crippen LogP contribution >= 0.6 is 0 Å². The number of benzene rings is 2. The molecule has 1 aliphatic heterocycles. The van der Waals surface area contributed by atoms with Crippen molar-refractivity contribution in [3.05, 3.63) is 48.0 Å². The van der Waals surface area contributed by atoms with E-state index < -0.39 is 5.79 Å². The number of Topliss-reactive ketones (excluding diaryl/α,β-unsaturated/α-hetero) is 1. The molecule has 136 valence electrons. The fraction of sp³-hybridized carbons (Fsp3) is 0.300. The molecule has 0 saturated carbocycles. The highest BCUT2D eigenvalue weighted by molar-refractivity contribution is 5.96. The molecule has 0 aromatic heterocycles. The number of hydrogen-bond acceptors (Lipinski definition) is 5. The van der Waals surface area contributed by atoms with E-state index in [0.29, 0.717) is 34.9 Å². The molecule has 1 N–H and O–H groups in total. The molecule has 0 saturated heterocycles. The van der Waals surface area contributed by atoms with Crippen LogP contribution in [0, 0.1) is 0 Å². The van der Waals surface area contributed by atoms with Gasteiger partial charge >= 0.3 is 0 Å². The van der Waals surface area contributed by atoms with Crippen LogP contribution < -0.4 is 19.5 Å². The van der Waals surface area contributed by atoms with Crippen molar-refractivity contribution in [2.45, 2.75) is 33.0 Å². The number of ketones is 1. The Labute approximate surface area is 152 Å². The van der Waals surface area contributed by atoms with E-state index in [1.54, 1.807) is 42.5 Å². The number of carbonyl (C=O) groups excluding carboxylic acids is 2. The fourth-order valence-electron chi connectivity index (χ4n) is 2.59. The molecule has 0 aliphatic carbocycles. The number of carbonyl (C=O) groups is 2. The lowest BCUT2D eigenvalue weighted by Crippen LogP contribution is -2.29. The Morgan fingerprint density at radius 2 is 1.73 bits per heavy atom. The highest BCUT2D eigenvalue weighted by Gasteiger charge is 2.31. The van der Waals surface area contributed by atoms with Crippen LogP contribution in [0.5, 0.6) is 17.2 Å². The van der Waals surface area contributed by atoms with Crippen molar-refractivity contribution >= 4 is 17.4 Å². The third kappa shape index (κ3) is 4.14. The van der Waals surface area contributed by atoms with E-state index in [0.717, 1.165) is 0 Å². The molecule has 3 rings (SSSR count). The molecule has 0 bridgehead atoms. The Balaban J connectivity index is 1.54. The fourth-order valence-corrected chi connectivity index (χ4v) is 2.59. The van der Waals surface area contributed by atoms with E-state index in [1.165, 1.54) is 0 Å². The second-order valence-corrected chi connectivity index (χ2v) is 6.40. The lowest BCUT2D eigenvalue weighted by Gasteiger charge is -2.16. The maximum absolute atomic E-state index is 12.1. The van der Waals surface area contributed by atoms with Crippen LogP contribution in [-0.2, 0) is 4.79 Å². The van der Waals surface area contributed by atoms with Gasteiger partial charge in [0, 0.05) is 37.6 Å². The molecular weight excluding hydrogens is 334 g/mol. The van der Waals surface area contributed by atoms with Gasteiger partial charge in [0.15, 0.2) is 23.9 Å². The molecule has 0 spiro atoms. The van der Waals surface area contributed by atoms with E-state index in [4.69, 9.17) is 14.2 Å². The van der Waals surface area contributed by atoms with E-state index >= 15 is 0 Å². The third-order valence-electron chi connectivity index (χ3n) is 3.81. The molecule has 2 aromatic carbocycles. The monoisotopic (exact) mass is 355 g/mol. The molecule has 1 heterocycles. The molecular formula is C20H21NO5. The standard InChI is InChI=1S/C20H21NO5/c1-4-16(22)13-5-8-15(9-6-13)24-12-19(23)21-14-7-10-17-18(11-14)26-20(2,3)25-17/h5-11H,4,12H2,1-3H3,(H,21,23). The van der Waals surface area contributed by atoms with Crippen molar-refractivity contribution in [1.82, 2.24) is 0 Å². The van der Waals surface area contributed by atoms with Crippen LogP contribution in [0.15, 0.2) is 42.5 Å². The molecule has 0 atom stereocenters. The smallest absolute Gasteiger partial charge is 0.262 e. The largest absolute Gasteiger partial charge is 0.484 e. The normalized spacial score (nSPS) is 14.0. The van der Waals surface area contributed by atoms with Crippen LogP contribution in [0.4, 0.5) is 5.69 Å². The number of ether oxygens (including phenoxy) is 3. The maximum Gasteiger partial charge on any atom is 0.262 e. The predicted octanol–water partition coefficient (Wildman–Crippen LogP) is 3.80. The summed E-state index contributed by atoms with van der Waals surface area (Å²) in [4.78, 5) is 23.7. The van der Waals surface area contributed by atoms with Crippen LogP contribution in [0.1, 0.15) is 37.6 Å². The van der Waals surface area contributed by atoms with Gasteiger partial charge in [-0.15, -0.1) is 0 Å². The number of anilines is 1. The maximum atomic E-state index is 12.1. The van der Waals surface area contributed by atoms with Crippen molar-refractivity contribution in [2.75, 3.05) is 11.9 Å². The summed E-state index contributed by atoms with van der Waals surface area (Å²) in [7, 11) is 0. The minimum atomic E-state index is -0.709. The molecule has 0 unspecified atom stereocenters. The number of fused-ring (bicyclic) bond motifs is 1. The van der Waals surface area contributed by atoms with Crippen LogP contribution in [0.25, 0.3) is 0 Å². The quantitative estimate of drug-likeness (QED) is 0.798. The van der Waals surface area contributed by atoms with Crippen LogP contribution in [-0.4, -0.2) is 24.1 Å². The highest BCUT2D eigenvalue weighted by atomic mass is 16.7. The van der Waals surface area contributed by atoms with Crippen molar-refractivity contribution in [2.24, 2.45) is 0 Å². The lowest BCUT2D eigenvalue weighted by molar-refractivity contribution is -0.118. The second-order valence-electron chi connectivity index (χ2n) is 6.40. The van der Waals surface area contributed by atoms with Crippen LogP contribution in [0.2, 0.25) is 0 Å². The summed E-state index contributed by atoms with van der Waals surface area (Å²) < 4.78 is 16.7. The van der Waals surface area contributed by atoms with Gasteiger partial charge in [-0.1, -0.05) is 6.92 Å². The molecule has 1 amide bonds. The van der Waals surface area contributed by atoms with Crippen molar-refractivity contribution in [3.8, 4) is 17.2 Å². The Morgan fingerprint density at radius 3 is 2.42 bits per heavy atom. The molecule has 2 aromatic rings. The Kier molecular flexibility index (Phi) is 4.84. The van der Waals surface area contributed by atoms with Gasteiger partial charge in [0.2, 0.25) is 5.79 Å². The Hall–Kier alpha value is -3.02. The number of rotatable bonds is 6. The summed E-state index contributed by atoms with van der Waals surface area (Å²) in [6, 6.07) is 12.0. The van der Waals surface area contributed by atoms with Crippen LogP contribution in [0.3, 0.4) is 0 Å². The van der Waals surface area contributed by atoms with Gasteiger partial charge in [0.05, 0.1) is 0 Å². The van der Waals surface area contributed by atoms with E-state index in [1.807, 2.05) is 20.8 Å². The summed E-state index contributed by atoms with van der Waals surface area (Å²) in [5, 5.41) is 2.75. The number of hydrogen-bond donors (Lipinski definition) is 1. The molecule has 0 fully saturated rings. The van der Waals surface area contributed by atoms with E-state index in [2.05, 4.69) is 5.32 Å². The Morgan fingerprint density at radius 1 is 1.04 bits per heavy atom. The van der Waals surface area contributed by atoms with E-state index in [9.17, 15) is 9.59 Å². The average molecular weight is 355 g/mol. The first-order valence-electron chi connectivity index (χ1n) is 8.44. The van der Waals surface area contributed by atoms with Crippen molar-refractivity contribution in [1.29, 1.82) is 0 Å². The topological polar surface area (TPSA) is 73.9 Å². The minimum Gasteiger partial charge on any atom is -0.484 e. The summed E-state index contributed by atoms with van der Waals surface area (Å²) in [5.74, 6) is 0.826. The summed E-state index contributed by atoms with van der Waals surface area (Å²) in [6.45, 7) is 5.31. The zero-order chi connectivity index (χ0) is 18.7. The molecule has 6 nitrogen and oxygen atoms in total. The molecule has 1 aliphatic rings. The van der Waals surface area contributed by atoms with Crippen molar-refractivity contribution in [3.63, 3.8) is 0 Å². The first kappa shape index (κ1) is 17.8. The molecule has 26 heavy (non-hydrogen) atoms. The number of nitrogens with one attached hydrogen (secondary N) is 1. The SMILES string of the molecule is CCC(=O)c1ccc(OCC(=O)Nc2ccc3c(c2)OC(C)(C)O3)cc1. The molecule has 0 radical (unpaired) electrons. The number of amides is 1. The van der Waals surface area contributed by atoms with Gasteiger partial charge in [0.25, 0.3) is 5.91 Å². The summed E-state index contributed by atoms with van der Waals surface area (Å²) in [6.07, 6.45) is 0.454. The summed E-state index contributed by atoms with van der Waals surface area (Å²) >= 11 is 0. The van der Waals surface area contributed by atoms with Gasteiger partial charge in [-0.05, 0) is 36.4 Å². The zero-order valence-electron chi connectivity index (χ0n) is 15.0. The average Bonchev–Trinajstić information content (AvgIpc) is 2.92. The zero-order valence-corrected chi connectivity index (χ0v) is 15.0. The Bertz CT molecular complexity index is 827. The van der Waals surface area contributed by atoms with Gasteiger partial charge < -0.3 is 19.5 Å². The third-order valence-corrected chi connectivity index (χ3v) is 3.81. The van der Waals surface area contributed by atoms with Gasteiger partial charge in [-0.25, -0.2) is 0 Å². The first-order chi connectivity index (χ1) is 12.4. The minimum absolute atomic E-state index is 0.0697. The van der Waals surface area contributed by atoms with Crippen molar-refractivity contribution < 1.29 is 23.8 Å². The first-order valence-corrected chi connectivity index (χ1v) is 8.44. The van der Waals surface area contributed by atoms with Gasteiger partial charge in [-0.2, -0.15) is 0 Å². The predicted molar refractivity (Wildman–Crippen MR) is 97.0 cm³/mol. The molecule has 6 heteroatoms. The van der Waals surface area contributed by atoms with Gasteiger partial charge in [0.1, 0.15) is 5.75 Å². The van der Waals surface area contributed by atoms with E-state index in [-0.39, 0.29) is 18.3 Å². The highest BCUT2D eigenvalue weighted by Crippen LogP contribution is 2.40. The summed E-state index contributed by atoms with van der Waals surface area (Å²) in [5.41, 5.74) is 1.23.